The van der Waals surface area contributed by atoms with Crippen molar-refractivity contribution >= 4 is 51.2 Å². The molecule has 1 amide bonds. The Kier molecular flexibility index (Phi) is 7.98. The lowest BCUT2D eigenvalue weighted by Crippen LogP contribution is -2.36. The van der Waals surface area contributed by atoms with E-state index in [0.717, 1.165) is 47.0 Å². The fourth-order valence-electron chi connectivity index (χ4n) is 5.11. The number of amides is 1. The third kappa shape index (κ3) is 5.82. The number of para-hydroxylation sites is 1. The number of hydrogen-bond acceptors (Lipinski definition) is 7. The molecule has 3 aromatic carbocycles. The first-order chi connectivity index (χ1) is 20.1. The summed E-state index contributed by atoms with van der Waals surface area (Å²) in [4.78, 5) is 26.7. The first kappa shape index (κ1) is 27.0. The van der Waals surface area contributed by atoms with Gasteiger partial charge in [-0.25, -0.2) is 4.99 Å². The molecular formula is C32H32N4O4S. The molecule has 41 heavy (non-hydrogen) atoms. The van der Waals surface area contributed by atoms with Gasteiger partial charge in [-0.3, -0.25) is 9.69 Å². The maximum absolute atomic E-state index is 13.8. The van der Waals surface area contributed by atoms with Crippen LogP contribution in [0.2, 0.25) is 0 Å². The number of methoxy groups -OCH3 is 2. The van der Waals surface area contributed by atoms with E-state index >= 15 is 0 Å². The molecule has 8 nitrogen and oxygen atoms in total. The second-order valence-electron chi connectivity index (χ2n) is 9.80. The highest BCUT2D eigenvalue weighted by Gasteiger charge is 2.33. The molecule has 1 N–H and O–H groups in total. The standard InChI is InChI=1S/C32H32N4O4S/c1-38-26-11-8-24(9-12-26)34-32-36(14-13-23-21-33-28-6-4-3-5-27(23)28)31(37)30(41-32)19-22-7-10-25(20-29(22)39-2)35-15-17-40-18-16-35/h3-12,19-21,33H,13-18H2,1-2H3/b30-19-,34-32?. The fraction of sp³-hybridized carbons (Fsp3) is 0.250. The molecule has 2 fully saturated rings. The van der Waals surface area contributed by atoms with Crippen LogP contribution in [0.5, 0.6) is 11.5 Å². The van der Waals surface area contributed by atoms with E-state index in [4.69, 9.17) is 19.2 Å². The highest BCUT2D eigenvalue weighted by Crippen LogP contribution is 2.37. The van der Waals surface area contributed by atoms with E-state index in [2.05, 4.69) is 28.1 Å². The van der Waals surface area contributed by atoms with Crippen LogP contribution in [0.15, 0.2) is 82.8 Å². The number of aliphatic imine (C=N–C) groups is 1. The molecule has 0 saturated carbocycles. The number of morpholine rings is 1. The predicted molar refractivity (Wildman–Crippen MR) is 165 cm³/mol. The van der Waals surface area contributed by atoms with Crippen molar-refractivity contribution in [2.24, 2.45) is 4.99 Å². The highest BCUT2D eigenvalue weighted by atomic mass is 32.2. The van der Waals surface area contributed by atoms with Crippen molar-refractivity contribution in [1.82, 2.24) is 9.88 Å². The maximum Gasteiger partial charge on any atom is 0.266 e. The topological polar surface area (TPSA) is 79.4 Å². The Hall–Kier alpha value is -4.21. The van der Waals surface area contributed by atoms with E-state index in [9.17, 15) is 4.79 Å². The Labute approximate surface area is 243 Å². The molecule has 0 radical (unpaired) electrons. The average Bonchev–Trinajstić information content (AvgIpc) is 3.56. The van der Waals surface area contributed by atoms with E-state index in [1.807, 2.05) is 60.8 Å². The smallest absolute Gasteiger partial charge is 0.266 e. The van der Waals surface area contributed by atoms with Crippen LogP contribution in [0.25, 0.3) is 17.0 Å². The molecule has 2 saturated heterocycles. The second kappa shape index (κ2) is 12.1. The Morgan fingerprint density at radius 3 is 2.61 bits per heavy atom. The molecule has 0 unspecified atom stereocenters. The monoisotopic (exact) mass is 568 g/mol. The zero-order valence-corrected chi connectivity index (χ0v) is 23.9. The summed E-state index contributed by atoms with van der Waals surface area (Å²) in [7, 11) is 3.30. The van der Waals surface area contributed by atoms with Gasteiger partial charge in [-0.2, -0.15) is 0 Å². The van der Waals surface area contributed by atoms with E-state index in [1.54, 1.807) is 19.1 Å². The maximum atomic E-state index is 13.8. The number of aromatic amines is 1. The Balaban J connectivity index is 1.30. The summed E-state index contributed by atoms with van der Waals surface area (Å²) < 4.78 is 16.5. The molecule has 0 atom stereocenters. The van der Waals surface area contributed by atoms with Gasteiger partial charge in [-0.05, 0) is 72.3 Å². The van der Waals surface area contributed by atoms with Crippen molar-refractivity contribution < 1.29 is 19.0 Å². The third-order valence-electron chi connectivity index (χ3n) is 7.34. The number of ether oxygens (including phenoxy) is 3. The van der Waals surface area contributed by atoms with E-state index in [1.165, 1.54) is 22.7 Å². The third-order valence-corrected chi connectivity index (χ3v) is 8.35. The van der Waals surface area contributed by atoms with Gasteiger partial charge in [0.1, 0.15) is 11.5 Å². The molecule has 0 bridgehead atoms. The molecule has 0 spiro atoms. The molecule has 0 aliphatic carbocycles. The first-order valence-corrected chi connectivity index (χ1v) is 14.4. The Bertz CT molecular complexity index is 1610. The zero-order chi connectivity index (χ0) is 28.2. The van der Waals surface area contributed by atoms with Gasteiger partial charge in [-0.1, -0.05) is 18.2 Å². The van der Waals surface area contributed by atoms with Crippen LogP contribution in [-0.2, 0) is 16.0 Å². The fourth-order valence-corrected chi connectivity index (χ4v) is 6.12. The van der Waals surface area contributed by atoms with E-state index in [0.29, 0.717) is 36.3 Å². The second-order valence-corrected chi connectivity index (χ2v) is 10.8. The summed E-state index contributed by atoms with van der Waals surface area (Å²) in [5.74, 6) is 1.41. The van der Waals surface area contributed by atoms with Crippen molar-refractivity contribution in [3.05, 3.63) is 89.0 Å². The summed E-state index contributed by atoms with van der Waals surface area (Å²) >= 11 is 1.38. The van der Waals surface area contributed by atoms with Gasteiger partial charge >= 0.3 is 0 Å². The number of amidine groups is 1. The lowest BCUT2D eigenvalue weighted by Gasteiger charge is -2.29. The summed E-state index contributed by atoms with van der Waals surface area (Å²) in [5.41, 5.74) is 4.94. The number of fused-ring (bicyclic) bond motifs is 1. The van der Waals surface area contributed by atoms with Crippen LogP contribution in [0.4, 0.5) is 11.4 Å². The molecule has 3 heterocycles. The van der Waals surface area contributed by atoms with Crippen LogP contribution in [0, 0.1) is 0 Å². The molecule has 1 aromatic heterocycles. The molecule has 4 aromatic rings. The Morgan fingerprint density at radius 2 is 1.83 bits per heavy atom. The zero-order valence-electron chi connectivity index (χ0n) is 23.1. The number of thioether (sulfide) groups is 1. The molecule has 210 valence electrons. The van der Waals surface area contributed by atoms with Crippen molar-refractivity contribution in [1.29, 1.82) is 0 Å². The highest BCUT2D eigenvalue weighted by molar-refractivity contribution is 8.18. The quantitative estimate of drug-likeness (QED) is 0.268. The van der Waals surface area contributed by atoms with E-state index in [-0.39, 0.29) is 5.91 Å². The van der Waals surface area contributed by atoms with Crippen molar-refractivity contribution in [3.8, 4) is 11.5 Å². The van der Waals surface area contributed by atoms with Gasteiger partial charge in [0.15, 0.2) is 5.17 Å². The predicted octanol–water partition coefficient (Wildman–Crippen LogP) is 5.87. The Morgan fingerprint density at radius 1 is 1.02 bits per heavy atom. The van der Waals surface area contributed by atoms with Crippen LogP contribution < -0.4 is 14.4 Å². The van der Waals surface area contributed by atoms with Crippen molar-refractivity contribution in [2.75, 3.05) is 52.0 Å². The van der Waals surface area contributed by atoms with Crippen LogP contribution in [0.3, 0.4) is 0 Å². The first-order valence-electron chi connectivity index (χ1n) is 13.6. The van der Waals surface area contributed by atoms with Crippen molar-refractivity contribution in [3.63, 3.8) is 0 Å². The lowest BCUT2D eigenvalue weighted by molar-refractivity contribution is -0.122. The number of nitrogens with one attached hydrogen (secondary N) is 1. The number of H-pyrrole nitrogens is 1. The van der Waals surface area contributed by atoms with Crippen LogP contribution >= 0.6 is 11.8 Å². The minimum Gasteiger partial charge on any atom is -0.497 e. The van der Waals surface area contributed by atoms with Gasteiger partial charge < -0.3 is 24.1 Å². The number of rotatable bonds is 8. The summed E-state index contributed by atoms with van der Waals surface area (Å²) in [6, 6.07) is 21.9. The van der Waals surface area contributed by atoms with Crippen molar-refractivity contribution in [2.45, 2.75) is 6.42 Å². The van der Waals surface area contributed by atoms with Crippen LogP contribution in [-0.4, -0.2) is 68.0 Å². The number of carbonyl (C=O) groups is 1. The van der Waals surface area contributed by atoms with Gasteiger partial charge in [0.05, 0.1) is 38.0 Å². The number of anilines is 1. The van der Waals surface area contributed by atoms with Gasteiger partial charge in [0.2, 0.25) is 0 Å². The molecule has 2 aliphatic heterocycles. The molecule has 2 aliphatic rings. The number of benzene rings is 3. The molecule has 6 rings (SSSR count). The number of aromatic nitrogens is 1. The number of carbonyl (C=O) groups excluding carboxylic acids is 1. The average molecular weight is 569 g/mol. The van der Waals surface area contributed by atoms with Gasteiger partial charge in [-0.15, -0.1) is 0 Å². The molecular weight excluding hydrogens is 536 g/mol. The van der Waals surface area contributed by atoms with Crippen LogP contribution in [0.1, 0.15) is 11.1 Å². The minimum absolute atomic E-state index is 0.0681. The number of hydrogen-bond donors (Lipinski definition) is 1. The SMILES string of the molecule is COc1ccc(N=C2S/C(=C\c3ccc(N4CCOCC4)cc3OC)C(=O)N2CCc2c[nH]c3ccccc23)cc1. The summed E-state index contributed by atoms with van der Waals surface area (Å²) in [5, 5.41) is 1.82. The largest absolute Gasteiger partial charge is 0.497 e. The minimum atomic E-state index is -0.0681. The summed E-state index contributed by atoms with van der Waals surface area (Å²) in [6.07, 6.45) is 4.63. The summed E-state index contributed by atoms with van der Waals surface area (Å²) in [6.45, 7) is 3.62. The van der Waals surface area contributed by atoms with Gasteiger partial charge in [0, 0.05) is 54.1 Å². The van der Waals surface area contributed by atoms with Gasteiger partial charge in [0.25, 0.3) is 5.91 Å². The lowest BCUT2D eigenvalue weighted by atomic mass is 10.1. The normalized spacial score (nSPS) is 17.7. The number of nitrogens with zero attached hydrogens (tertiary/aromatic N) is 3. The molecule has 9 heteroatoms. The van der Waals surface area contributed by atoms with E-state index < -0.39 is 0 Å².